The lowest BCUT2D eigenvalue weighted by atomic mass is 9.96. The lowest BCUT2D eigenvalue weighted by Gasteiger charge is -2.33. The smallest absolute Gasteiger partial charge is 0.240 e. The van der Waals surface area contributed by atoms with E-state index in [4.69, 9.17) is 0 Å². The van der Waals surface area contributed by atoms with Crippen molar-refractivity contribution in [2.45, 2.75) is 51.7 Å². The second-order valence-corrected chi connectivity index (χ2v) is 5.93. The van der Waals surface area contributed by atoms with Gasteiger partial charge in [0.15, 0.2) is 0 Å². The van der Waals surface area contributed by atoms with Gasteiger partial charge in [0.1, 0.15) is 0 Å². The van der Waals surface area contributed by atoms with Gasteiger partial charge in [0.05, 0.1) is 12.2 Å². The van der Waals surface area contributed by atoms with Gasteiger partial charge in [0, 0.05) is 6.54 Å². The molecule has 0 aromatic rings. The van der Waals surface area contributed by atoms with E-state index in [-0.39, 0.29) is 12.2 Å². The number of rotatable bonds is 4. The molecule has 0 aromatic heterocycles. The van der Waals surface area contributed by atoms with Crippen LogP contribution in [0.3, 0.4) is 0 Å². The Morgan fingerprint density at radius 2 is 2.00 bits per heavy atom. The summed E-state index contributed by atoms with van der Waals surface area (Å²) in [5, 5.41) is 3.42. The summed E-state index contributed by atoms with van der Waals surface area (Å²) in [6.07, 6.45) is 4.93. The Hall–Kier alpha value is -0.610. The Balaban J connectivity index is 1.91. The summed E-state index contributed by atoms with van der Waals surface area (Å²) in [6.45, 7) is 7.47. The molecule has 4 heteroatoms. The van der Waals surface area contributed by atoms with Gasteiger partial charge in [0.2, 0.25) is 5.91 Å². The first-order valence-electron chi connectivity index (χ1n) is 7.37. The minimum Gasteiger partial charge on any atom is -0.326 e. The summed E-state index contributed by atoms with van der Waals surface area (Å²) >= 11 is 0. The first kappa shape index (κ1) is 13.8. The maximum Gasteiger partial charge on any atom is 0.240 e. The number of carbonyl (C=O) groups excluding carboxylic acids is 1. The Bertz CT molecular complexity index is 287. The molecule has 0 radical (unpaired) electrons. The molecule has 1 N–H and O–H groups in total. The quantitative estimate of drug-likeness (QED) is 0.819. The van der Waals surface area contributed by atoms with Gasteiger partial charge in [-0.2, -0.15) is 0 Å². The van der Waals surface area contributed by atoms with Crippen LogP contribution in [0.1, 0.15) is 39.5 Å². The average molecular weight is 253 g/mol. The summed E-state index contributed by atoms with van der Waals surface area (Å²) in [5.41, 5.74) is 0. The van der Waals surface area contributed by atoms with Crippen LogP contribution in [0.2, 0.25) is 0 Å². The molecular weight excluding hydrogens is 226 g/mol. The monoisotopic (exact) mass is 253 g/mol. The Morgan fingerprint density at radius 3 is 2.61 bits per heavy atom. The van der Waals surface area contributed by atoms with Crippen LogP contribution in [0.25, 0.3) is 0 Å². The lowest BCUT2D eigenvalue weighted by Crippen LogP contribution is -2.43. The standard InChI is InChI=1S/C14H27N3O/c1-4-5-13-15-11(2)14(18)17(13)10-12-6-8-16(3)9-7-12/h11-13,15H,4-10H2,1-3H3. The van der Waals surface area contributed by atoms with Crippen LogP contribution in [-0.2, 0) is 4.79 Å². The largest absolute Gasteiger partial charge is 0.326 e. The molecule has 4 nitrogen and oxygen atoms in total. The van der Waals surface area contributed by atoms with E-state index in [2.05, 4.69) is 29.1 Å². The van der Waals surface area contributed by atoms with Crippen molar-refractivity contribution in [3.63, 3.8) is 0 Å². The van der Waals surface area contributed by atoms with Crippen LogP contribution >= 0.6 is 0 Å². The third-order valence-electron chi connectivity index (χ3n) is 4.33. The SMILES string of the molecule is CCCC1NC(C)C(=O)N1CC1CCN(C)CC1. The molecule has 2 saturated heterocycles. The molecule has 2 aliphatic heterocycles. The van der Waals surface area contributed by atoms with Gasteiger partial charge in [-0.1, -0.05) is 13.3 Å². The summed E-state index contributed by atoms with van der Waals surface area (Å²) < 4.78 is 0. The van der Waals surface area contributed by atoms with Crippen molar-refractivity contribution in [1.29, 1.82) is 0 Å². The van der Waals surface area contributed by atoms with E-state index in [1.54, 1.807) is 0 Å². The maximum atomic E-state index is 12.2. The zero-order valence-electron chi connectivity index (χ0n) is 12.0. The molecule has 0 aliphatic carbocycles. The topological polar surface area (TPSA) is 35.6 Å². The predicted molar refractivity (Wildman–Crippen MR) is 73.2 cm³/mol. The number of nitrogens with one attached hydrogen (secondary N) is 1. The van der Waals surface area contributed by atoms with Gasteiger partial charge in [-0.3, -0.25) is 10.1 Å². The normalized spacial score (nSPS) is 31.3. The number of carbonyl (C=O) groups is 1. The van der Waals surface area contributed by atoms with Crippen molar-refractivity contribution in [3.05, 3.63) is 0 Å². The van der Waals surface area contributed by atoms with Gasteiger partial charge in [-0.05, 0) is 52.2 Å². The zero-order valence-corrected chi connectivity index (χ0v) is 12.0. The van der Waals surface area contributed by atoms with Crippen molar-refractivity contribution < 1.29 is 4.79 Å². The van der Waals surface area contributed by atoms with Crippen LogP contribution in [0, 0.1) is 5.92 Å². The molecule has 18 heavy (non-hydrogen) atoms. The highest BCUT2D eigenvalue weighted by molar-refractivity contribution is 5.83. The van der Waals surface area contributed by atoms with E-state index in [1.165, 1.54) is 25.9 Å². The van der Waals surface area contributed by atoms with E-state index in [9.17, 15) is 4.79 Å². The van der Waals surface area contributed by atoms with Crippen molar-refractivity contribution in [1.82, 2.24) is 15.1 Å². The summed E-state index contributed by atoms with van der Waals surface area (Å²) in [4.78, 5) is 16.7. The van der Waals surface area contributed by atoms with Gasteiger partial charge >= 0.3 is 0 Å². The molecule has 2 aliphatic rings. The van der Waals surface area contributed by atoms with Gasteiger partial charge in [-0.15, -0.1) is 0 Å². The number of piperidine rings is 1. The second-order valence-electron chi connectivity index (χ2n) is 5.93. The minimum atomic E-state index is 0.00724. The minimum absolute atomic E-state index is 0.00724. The fourth-order valence-electron chi connectivity index (χ4n) is 3.10. The first-order chi connectivity index (χ1) is 8.61. The molecule has 2 rings (SSSR count). The molecule has 0 bridgehead atoms. The maximum absolute atomic E-state index is 12.2. The van der Waals surface area contributed by atoms with Gasteiger partial charge < -0.3 is 9.80 Å². The predicted octanol–water partition coefficient (Wildman–Crippen LogP) is 1.27. The molecule has 2 fully saturated rings. The average Bonchev–Trinajstić information content (AvgIpc) is 2.60. The van der Waals surface area contributed by atoms with Crippen LogP contribution in [0.15, 0.2) is 0 Å². The summed E-state index contributed by atoms with van der Waals surface area (Å²) in [7, 11) is 2.18. The summed E-state index contributed by atoms with van der Waals surface area (Å²) in [5.74, 6) is 0.990. The molecule has 2 heterocycles. The zero-order chi connectivity index (χ0) is 13.1. The van der Waals surface area contributed by atoms with Crippen LogP contribution in [0.4, 0.5) is 0 Å². The third-order valence-corrected chi connectivity index (χ3v) is 4.33. The van der Waals surface area contributed by atoms with E-state index < -0.39 is 0 Å². The number of hydrogen-bond donors (Lipinski definition) is 1. The number of hydrogen-bond acceptors (Lipinski definition) is 3. The Morgan fingerprint density at radius 1 is 1.33 bits per heavy atom. The van der Waals surface area contributed by atoms with Crippen LogP contribution in [-0.4, -0.2) is 54.6 Å². The highest BCUT2D eigenvalue weighted by atomic mass is 16.2. The molecule has 1 amide bonds. The number of nitrogens with zero attached hydrogens (tertiary/aromatic N) is 2. The van der Waals surface area contributed by atoms with Crippen molar-refractivity contribution in [3.8, 4) is 0 Å². The lowest BCUT2D eigenvalue weighted by molar-refractivity contribution is -0.130. The second kappa shape index (κ2) is 6.02. The number of amides is 1. The van der Waals surface area contributed by atoms with Gasteiger partial charge in [0.25, 0.3) is 0 Å². The van der Waals surface area contributed by atoms with E-state index in [1.807, 2.05) is 6.92 Å². The van der Waals surface area contributed by atoms with Crippen LogP contribution < -0.4 is 5.32 Å². The molecule has 0 aromatic carbocycles. The summed E-state index contributed by atoms with van der Waals surface area (Å²) in [6, 6.07) is 0.00724. The van der Waals surface area contributed by atoms with E-state index >= 15 is 0 Å². The molecule has 2 unspecified atom stereocenters. The Labute approximate surface area is 111 Å². The highest BCUT2D eigenvalue weighted by Crippen LogP contribution is 2.22. The van der Waals surface area contributed by atoms with Crippen molar-refractivity contribution in [2.75, 3.05) is 26.7 Å². The molecular formula is C14H27N3O. The van der Waals surface area contributed by atoms with E-state index in [0.29, 0.717) is 11.8 Å². The van der Waals surface area contributed by atoms with Crippen molar-refractivity contribution in [2.24, 2.45) is 5.92 Å². The van der Waals surface area contributed by atoms with Gasteiger partial charge in [-0.25, -0.2) is 0 Å². The fourth-order valence-corrected chi connectivity index (χ4v) is 3.10. The van der Waals surface area contributed by atoms with Crippen LogP contribution in [0.5, 0.6) is 0 Å². The Kier molecular flexibility index (Phi) is 4.62. The third kappa shape index (κ3) is 3.04. The number of likely N-dealkylation sites (tertiary alicyclic amines) is 1. The molecule has 2 atom stereocenters. The molecule has 0 spiro atoms. The molecule has 0 saturated carbocycles. The fraction of sp³-hybridized carbons (Fsp3) is 0.929. The first-order valence-corrected chi connectivity index (χ1v) is 7.37. The van der Waals surface area contributed by atoms with E-state index in [0.717, 1.165) is 19.4 Å². The highest BCUT2D eigenvalue weighted by Gasteiger charge is 2.36. The van der Waals surface area contributed by atoms with Crippen molar-refractivity contribution >= 4 is 5.91 Å². The molecule has 104 valence electrons.